The molecule has 0 bridgehead atoms. The maximum atomic E-state index is 3.50. The van der Waals surface area contributed by atoms with E-state index in [1.54, 1.807) is 0 Å². The third-order valence-electron chi connectivity index (χ3n) is 3.68. The van der Waals surface area contributed by atoms with E-state index in [0.29, 0.717) is 0 Å². The van der Waals surface area contributed by atoms with Crippen LogP contribution in [0, 0.1) is 6.92 Å². The summed E-state index contributed by atoms with van der Waals surface area (Å²) in [6, 6.07) is 8.64. The largest absolute Gasteiger partial charge is 0.384 e. The average Bonchev–Trinajstić information content (AvgIpc) is 2.42. The molecule has 2 nitrogen and oxygen atoms in total. The first kappa shape index (κ1) is 13.8. The summed E-state index contributed by atoms with van der Waals surface area (Å²) < 4.78 is 0. The lowest BCUT2D eigenvalue weighted by Crippen LogP contribution is -2.37. The van der Waals surface area contributed by atoms with Crippen LogP contribution in [0.25, 0.3) is 0 Å². The molecule has 18 heavy (non-hydrogen) atoms. The van der Waals surface area contributed by atoms with Crippen LogP contribution in [-0.2, 0) is 0 Å². The van der Waals surface area contributed by atoms with Crippen LogP contribution in [-0.4, -0.2) is 42.6 Å². The van der Waals surface area contributed by atoms with E-state index < -0.39 is 0 Å². The maximum absolute atomic E-state index is 3.50. The van der Waals surface area contributed by atoms with Crippen LogP contribution in [0.1, 0.15) is 18.4 Å². The van der Waals surface area contributed by atoms with E-state index in [-0.39, 0.29) is 0 Å². The summed E-state index contributed by atoms with van der Waals surface area (Å²) >= 11 is 2.03. The predicted molar refractivity (Wildman–Crippen MR) is 82.6 cm³/mol. The molecule has 0 aromatic heterocycles. The molecule has 2 rings (SSSR count). The lowest BCUT2D eigenvalue weighted by Gasteiger charge is -2.31. The Labute approximate surface area is 115 Å². The van der Waals surface area contributed by atoms with E-state index in [1.165, 1.54) is 37.2 Å². The van der Waals surface area contributed by atoms with Gasteiger partial charge in [-0.15, -0.1) is 0 Å². The number of hydrogen-bond acceptors (Lipinski definition) is 3. The SMILES string of the molecule is CSC1CCN(CCNc2ccc(C)cc2)CC1. The molecule has 0 radical (unpaired) electrons. The van der Waals surface area contributed by atoms with Crippen LogP contribution in [0.15, 0.2) is 24.3 Å². The molecular formula is C15H24N2S. The molecule has 1 N–H and O–H groups in total. The van der Waals surface area contributed by atoms with Crippen LogP contribution in [0.2, 0.25) is 0 Å². The number of nitrogens with zero attached hydrogens (tertiary/aromatic N) is 1. The van der Waals surface area contributed by atoms with Gasteiger partial charge in [-0.25, -0.2) is 0 Å². The van der Waals surface area contributed by atoms with Gasteiger partial charge in [0.15, 0.2) is 0 Å². The Morgan fingerprint density at radius 3 is 2.50 bits per heavy atom. The summed E-state index contributed by atoms with van der Waals surface area (Å²) in [6.45, 7) is 6.86. The zero-order chi connectivity index (χ0) is 12.8. The highest BCUT2D eigenvalue weighted by Gasteiger charge is 2.17. The molecule has 100 valence electrons. The minimum Gasteiger partial charge on any atom is -0.384 e. The van der Waals surface area contributed by atoms with Crippen molar-refractivity contribution in [2.45, 2.75) is 25.0 Å². The zero-order valence-corrected chi connectivity index (χ0v) is 12.3. The first-order chi connectivity index (χ1) is 8.78. The summed E-state index contributed by atoms with van der Waals surface area (Å²) in [7, 11) is 0. The third kappa shape index (κ3) is 4.21. The highest BCUT2D eigenvalue weighted by molar-refractivity contribution is 7.99. The van der Waals surface area contributed by atoms with E-state index in [2.05, 4.69) is 47.7 Å². The fourth-order valence-corrected chi connectivity index (χ4v) is 3.08. The normalized spacial score (nSPS) is 17.9. The van der Waals surface area contributed by atoms with Crippen molar-refractivity contribution in [3.63, 3.8) is 0 Å². The molecule has 0 aliphatic carbocycles. The second-order valence-corrected chi connectivity index (χ2v) is 6.21. The van der Waals surface area contributed by atoms with Crippen molar-refractivity contribution in [2.24, 2.45) is 0 Å². The van der Waals surface area contributed by atoms with Gasteiger partial charge in [0.2, 0.25) is 0 Å². The lowest BCUT2D eigenvalue weighted by atomic mass is 10.1. The Morgan fingerprint density at radius 2 is 1.89 bits per heavy atom. The minimum atomic E-state index is 0.895. The fraction of sp³-hybridized carbons (Fsp3) is 0.600. The number of rotatable bonds is 5. The van der Waals surface area contributed by atoms with Gasteiger partial charge in [0, 0.05) is 24.0 Å². The lowest BCUT2D eigenvalue weighted by molar-refractivity contribution is 0.241. The number of nitrogens with one attached hydrogen (secondary N) is 1. The van der Waals surface area contributed by atoms with Gasteiger partial charge in [0.25, 0.3) is 0 Å². The smallest absolute Gasteiger partial charge is 0.0340 e. The number of aryl methyl sites for hydroxylation is 1. The van der Waals surface area contributed by atoms with Gasteiger partial charge in [-0.3, -0.25) is 0 Å². The monoisotopic (exact) mass is 264 g/mol. The number of benzene rings is 1. The van der Waals surface area contributed by atoms with Crippen molar-refractivity contribution >= 4 is 17.4 Å². The number of thioether (sulfide) groups is 1. The molecule has 1 aliphatic heterocycles. The summed E-state index contributed by atoms with van der Waals surface area (Å²) in [5.74, 6) is 0. The molecule has 3 heteroatoms. The molecule has 1 aliphatic rings. The van der Waals surface area contributed by atoms with Crippen LogP contribution in [0.5, 0.6) is 0 Å². The summed E-state index contributed by atoms with van der Waals surface area (Å²) in [6.07, 6.45) is 4.94. The number of anilines is 1. The van der Waals surface area contributed by atoms with E-state index in [0.717, 1.165) is 18.3 Å². The Hall–Kier alpha value is -0.670. The van der Waals surface area contributed by atoms with E-state index in [1.807, 2.05) is 11.8 Å². The minimum absolute atomic E-state index is 0.895. The van der Waals surface area contributed by atoms with Gasteiger partial charge in [-0.2, -0.15) is 11.8 Å². The van der Waals surface area contributed by atoms with Crippen LogP contribution >= 0.6 is 11.8 Å². The number of piperidine rings is 1. The van der Waals surface area contributed by atoms with Gasteiger partial charge in [-0.1, -0.05) is 17.7 Å². The molecule has 1 saturated heterocycles. The van der Waals surface area contributed by atoms with E-state index in [9.17, 15) is 0 Å². The predicted octanol–water partition coefficient (Wildman–Crippen LogP) is 3.23. The Morgan fingerprint density at radius 1 is 1.22 bits per heavy atom. The highest BCUT2D eigenvalue weighted by Crippen LogP contribution is 2.20. The van der Waals surface area contributed by atoms with Gasteiger partial charge >= 0.3 is 0 Å². The molecule has 1 aromatic rings. The van der Waals surface area contributed by atoms with E-state index in [4.69, 9.17) is 0 Å². The fourth-order valence-electron chi connectivity index (χ4n) is 2.40. The number of likely N-dealkylation sites (tertiary alicyclic amines) is 1. The standard InChI is InChI=1S/C15H24N2S/c1-13-3-5-14(6-4-13)16-9-12-17-10-7-15(18-2)8-11-17/h3-6,15-16H,7-12H2,1-2H3. The first-order valence-electron chi connectivity index (χ1n) is 6.83. The van der Waals surface area contributed by atoms with Crippen molar-refractivity contribution < 1.29 is 0 Å². The maximum Gasteiger partial charge on any atom is 0.0340 e. The van der Waals surface area contributed by atoms with Crippen LogP contribution in [0.3, 0.4) is 0 Å². The second-order valence-electron chi connectivity index (χ2n) is 5.07. The Balaban J connectivity index is 1.65. The molecule has 1 heterocycles. The first-order valence-corrected chi connectivity index (χ1v) is 8.12. The molecule has 0 amide bonds. The second kappa shape index (κ2) is 7.05. The van der Waals surface area contributed by atoms with Crippen LogP contribution < -0.4 is 5.32 Å². The zero-order valence-electron chi connectivity index (χ0n) is 11.5. The molecule has 0 unspecified atom stereocenters. The average molecular weight is 264 g/mol. The van der Waals surface area contributed by atoms with E-state index >= 15 is 0 Å². The van der Waals surface area contributed by atoms with Crippen LogP contribution in [0.4, 0.5) is 5.69 Å². The highest BCUT2D eigenvalue weighted by atomic mass is 32.2. The van der Waals surface area contributed by atoms with Gasteiger partial charge in [0.05, 0.1) is 0 Å². The van der Waals surface area contributed by atoms with Gasteiger partial charge < -0.3 is 10.2 Å². The molecule has 0 spiro atoms. The topological polar surface area (TPSA) is 15.3 Å². The molecule has 0 saturated carbocycles. The molecule has 0 atom stereocenters. The van der Waals surface area contributed by atoms with Crippen molar-refractivity contribution in [1.82, 2.24) is 4.90 Å². The molecule has 1 fully saturated rings. The summed E-state index contributed by atoms with van der Waals surface area (Å²) in [5, 5.41) is 4.39. The Kier molecular flexibility index (Phi) is 5.39. The number of hydrogen-bond donors (Lipinski definition) is 1. The Bertz CT molecular complexity index is 342. The molecular weight excluding hydrogens is 240 g/mol. The van der Waals surface area contributed by atoms with Crippen molar-refractivity contribution in [3.05, 3.63) is 29.8 Å². The van der Waals surface area contributed by atoms with Crippen molar-refractivity contribution in [3.8, 4) is 0 Å². The van der Waals surface area contributed by atoms with Gasteiger partial charge in [-0.05, 0) is 51.2 Å². The quantitative estimate of drug-likeness (QED) is 0.879. The summed E-state index contributed by atoms with van der Waals surface area (Å²) in [4.78, 5) is 2.58. The van der Waals surface area contributed by atoms with Crippen molar-refractivity contribution in [2.75, 3.05) is 37.8 Å². The van der Waals surface area contributed by atoms with Crippen molar-refractivity contribution in [1.29, 1.82) is 0 Å². The molecule has 1 aromatic carbocycles. The third-order valence-corrected chi connectivity index (χ3v) is 4.81. The summed E-state index contributed by atoms with van der Waals surface area (Å²) in [5.41, 5.74) is 2.55. The van der Waals surface area contributed by atoms with Gasteiger partial charge in [0.1, 0.15) is 0 Å².